The van der Waals surface area contributed by atoms with Crippen LogP contribution in [0, 0.1) is 11.3 Å². The minimum absolute atomic E-state index is 0.0378. The van der Waals surface area contributed by atoms with Crippen LogP contribution in [-0.2, 0) is 4.79 Å². The third-order valence-electron chi connectivity index (χ3n) is 3.54. The van der Waals surface area contributed by atoms with Gasteiger partial charge in [0.1, 0.15) is 6.07 Å². The van der Waals surface area contributed by atoms with Crippen LogP contribution in [0.3, 0.4) is 0 Å². The zero-order valence-electron chi connectivity index (χ0n) is 14.7. The van der Waals surface area contributed by atoms with E-state index >= 15 is 0 Å². The monoisotopic (exact) mass is 330 g/mol. The van der Waals surface area contributed by atoms with Crippen molar-refractivity contribution in [3.05, 3.63) is 29.8 Å². The number of amides is 1. The molecule has 5 heteroatoms. The summed E-state index contributed by atoms with van der Waals surface area (Å²) in [7, 11) is 1.53. The highest BCUT2D eigenvalue weighted by molar-refractivity contribution is 5.91. The fraction of sp³-hybridized carbons (Fsp3) is 0.474. The predicted octanol–water partition coefficient (Wildman–Crippen LogP) is 3.70. The van der Waals surface area contributed by atoms with Gasteiger partial charge in [0, 0.05) is 12.1 Å². The van der Waals surface area contributed by atoms with Gasteiger partial charge in [-0.2, -0.15) is 5.26 Å². The molecule has 1 aromatic rings. The Labute approximate surface area is 144 Å². The fourth-order valence-corrected chi connectivity index (χ4v) is 2.25. The molecule has 0 radical (unpaired) electrons. The Morgan fingerprint density at radius 3 is 2.83 bits per heavy atom. The summed E-state index contributed by atoms with van der Waals surface area (Å²) < 4.78 is 10.5. The van der Waals surface area contributed by atoms with E-state index in [1.807, 2.05) is 19.1 Å². The van der Waals surface area contributed by atoms with Crippen LogP contribution in [0.5, 0.6) is 11.5 Å². The summed E-state index contributed by atoms with van der Waals surface area (Å²) in [4.78, 5) is 11.9. The topological polar surface area (TPSA) is 71.3 Å². The highest BCUT2D eigenvalue weighted by Gasteiger charge is 2.06. The number of hydrogen-bond acceptors (Lipinski definition) is 4. The van der Waals surface area contributed by atoms with E-state index < -0.39 is 0 Å². The smallest absolute Gasteiger partial charge is 0.244 e. The van der Waals surface area contributed by atoms with Gasteiger partial charge in [-0.05, 0) is 37.1 Å². The number of carbonyl (C=O) groups excluding carboxylic acids is 1. The second-order valence-electron chi connectivity index (χ2n) is 5.60. The summed E-state index contributed by atoms with van der Waals surface area (Å²) in [6.07, 6.45) is 7.73. The van der Waals surface area contributed by atoms with Crippen LogP contribution in [-0.4, -0.2) is 25.7 Å². The van der Waals surface area contributed by atoms with Crippen LogP contribution >= 0.6 is 0 Å². The molecular weight excluding hydrogens is 304 g/mol. The molecule has 0 aliphatic carbocycles. The lowest BCUT2D eigenvalue weighted by molar-refractivity contribution is -0.117. The number of nitrogens with one attached hydrogen (secondary N) is 1. The average molecular weight is 330 g/mol. The van der Waals surface area contributed by atoms with Crippen LogP contribution in [0.15, 0.2) is 24.3 Å². The van der Waals surface area contributed by atoms with Gasteiger partial charge in [-0.3, -0.25) is 4.79 Å². The summed E-state index contributed by atoms with van der Waals surface area (Å²) in [6, 6.07) is 7.38. The molecule has 130 valence electrons. The highest BCUT2D eigenvalue weighted by Crippen LogP contribution is 2.28. The van der Waals surface area contributed by atoms with E-state index in [0.29, 0.717) is 11.5 Å². The molecule has 5 nitrogen and oxygen atoms in total. The Hall–Kier alpha value is -2.48. The maximum absolute atomic E-state index is 11.9. The number of carbonyl (C=O) groups is 1. The molecule has 0 spiro atoms. The molecule has 0 bridgehead atoms. The number of nitrogens with zero attached hydrogens (tertiary/aromatic N) is 1. The zero-order chi connectivity index (χ0) is 17.8. The molecule has 0 aliphatic rings. The molecule has 0 saturated carbocycles. The summed E-state index contributed by atoms with van der Waals surface area (Å²) in [5.74, 6) is 0.925. The first-order chi connectivity index (χ1) is 11.6. The summed E-state index contributed by atoms with van der Waals surface area (Å²) >= 11 is 0. The number of nitriles is 1. The lowest BCUT2D eigenvalue weighted by atomic mass is 10.1. The first-order valence-corrected chi connectivity index (χ1v) is 8.27. The van der Waals surface area contributed by atoms with Crippen molar-refractivity contribution < 1.29 is 14.3 Å². The standard InChI is InChI=1S/C19H26N2O3/c1-4-5-6-7-15(2)21-19(22)11-9-16-8-10-17(24-13-12-20)18(14-16)23-3/h8-11,14-15H,4-7,13H2,1-3H3,(H,21,22)/b11-9+. The van der Waals surface area contributed by atoms with Gasteiger partial charge in [0.05, 0.1) is 7.11 Å². The third kappa shape index (κ3) is 7.19. The first kappa shape index (κ1) is 19.6. The molecule has 0 saturated heterocycles. The average Bonchev–Trinajstić information content (AvgIpc) is 2.58. The minimum atomic E-state index is -0.109. The lowest BCUT2D eigenvalue weighted by Gasteiger charge is -2.12. The lowest BCUT2D eigenvalue weighted by Crippen LogP contribution is -2.30. The molecule has 24 heavy (non-hydrogen) atoms. The zero-order valence-corrected chi connectivity index (χ0v) is 14.7. The van der Waals surface area contributed by atoms with Gasteiger partial charge in [-0.25, -0.2) is 0 Å². The van der Waals surface area contributed by atoms with E-state index in [1.165, 1.54) is 26.0 Å². The Morgan fingerprint density at radius 2 is 2.17 bits per heavy atom. The number of ether oxygens (including phenoxy) is 2. The van der Waals surface area contributed by atoms with Crippen LogP contribution < -0.4 is 14.8 Å². The predicted molar refractivity (Wildman–Crippen MR) is 94.9 cm³/mol. The molecule has 1 unspecified atom stereocenters. The second-order valence-corrected chi connectivity index (χ2v) is 5.60. The van der Waals surface area contributed by atoms with E-state index in [0.717, 1.165) is 18.4 Å². The molecule has 1 rings (SSSR count). The molecule has 0 aromatic heterocycles. The van der Waals surface area contributed by atoms with E-state index in [2.05, 4.69) is 12.2 Å². The fourth-order valence-electron chi connectivity index (χ4n) is 2.25. The largest absolute Gasteiger partial charge is 0.493 e. The van der Waals surface area contributed by atoms with Gasteiger partial charge in [0.15, 0.2) is 18.1 Å². The van der Waals surface area contributed by atoms with Gasteiger partial charge >= 0.3 is 0 Å². The number of benzene rings is 1. The van der Waals surface area contributed by atoms with E-state index in [1.54, 1.807) is 18.2 Å². The highest BCUT2D eigenvalue weighted by atomic mass is 16.5. The van der Waals surface area contributed by atoms with Gasteiger partial charge in [0.25, 0.3) is 0 Å². The number of hydrogen-bond donors (Lipinski definition) is 1. The molecule has 0 fully saturated rings. The number of rotatable bonds is 10. The van der Waals surface area contributed by atoms with Crippen molar-refractivity contribution >= 4 is 12.0 Å². The molecule has 1 amide bonds. The SMILES string of the molecule is CCCCCC(C)NC(=O)/C=C/c1ccc(OCC#N)c(OC)c1. The molecule has 1 atom stereocenters. The summed E-state index contributed by atoms with van der Waals surface area (Å²) in [6.45, 7) is 4.15. The van der Waals surface area contributed by atoms with Gasteiger partial charge in [0.2, 0.25) is 5.91 Å². The first-order valence-electron chi connectivity index (χ1n) is 8.27. The minimum Gasteiger partial charge on any atom is -0.493 e. The summed E-state index contributed by atoms with van der Waals surface area (Å²) in [5.41, 5.74) is 0.824. The molecule has 1 aromatic carbocycles. The normalized spacial score (nSPS) is 11.8. The Kier molecular flexibility index (Phi) is 9.06. The van der Waals surface area contributed by atoms with Gasteiger partial charge < -0.3 is 14.8 Å². The second kappa shape index (κ2) is 11.1. The third-order valence-corrected chi connectivity index (χ3v) is 3.54. The van der Waals surface area contributed by atoms with Crippen LogP contribution in [0.1, 0.15) is 45.1 Å². The van der Waals surface area contributed by atoms with Crippen molar-refractivity contribution in [3.63, 3.8) is 0 Å². The molecule has 1 N–H and O–H groups in total. The van der Waals surface area contributed by atoms with Gasteiger partial charge in [-0.1, -0.05) is 32.3 Å². The Morgan fingerprint density at radius 1 is 1.38 bits per heavy atom. The molecule has 0 aliphatic heterocycles. The van der Waals surface area contributed by atoms with Crippen molar-refractivity contribution in [1.82, 2.24) is 5.32 Å². The van der Waals surface area contributed by atoms with Crippen molar-refractivity contribution in [2.24, 2.45) is 0 Å². The van der Waals surface area contributed by atoms with Crippen molar-refractivity contribution in [2.45, 2.75) is 45.6 Å². The maximum Gasteiger partial charge on any atom is 0.244 e. The quantitative estimate of drug-likeness (QED) is 0.524. The van der Waals surface area contributed by atoms with Crippen molar-refractivity contribution in [3.8, 4) is 17.6 Å². The van der Waals surface area contributed by atoms with E-state index in [4.69, 9.17) is 14.7 Å². The van der Waals surface area contributed by atoms with Gasteiger partial charge in [-0.15, -0.1) is 0 Å². The van der Waals surface area contributed by atoms with E-state index in [9.17, 15) is 4.79 Å². The van der Waals surface area contributed by atoms with E-state index in [-0.39, 0.29) is 18.6 Å². The van der Waals surface area contributed by atoms with Crippen molar-refractivity contribution in [1.29, 1.82) is 5.26 Å². The summed E-state index contributed by atoms with van der Waals surface area (Å²) in [5, 5.41) is 11.5. The maximum atomic E-state index is 11.9. The molecule has 0 heterocycles. The number of methoxy groups -OCH3 is 1. The molecular formula is C19H26N2O3. The van der Waals surface area contributed by atoms with Crippen LogP contribution in [0.25, 0.3) is 6.08 Å². The van der Waals surface area contributed by atoms with Crippen LogP contribution in [0.4, 0.5) is 0 Å². The Bertz CT molecular complexity index is 591. The Balaban J connectivity index is 2.59. The van der Waals surface area contributed by atoms with Crippen molar-refractivity contribution in [2.75, 3.05) is 13.7 Å². The van der Waals surface area contributed by atoms with Crippen LogP contribution in [0.2, 0.25) is 0 Å². The number of unbranched alkanes of at least 4 members (excludes halogenated alkanes) is 2.